The summed E-state index contributed by atoms with van der Waals surface area (Å²) in [5.41, 5.74) is 6.40. The highest BCUT2D eigenvalue weighted by atomic mass is 16.5. The van der Waals surface area contributed by atoms with E-state index in [2.05, 4.69) is 18.9 Å². The van der Waals surface area contributed by atoms with E-state index in [9.17, 15) is 0 Å². The maximum Gasteiger partial charge on any atom is 0.119 e. The van der Waals surface area contributed by atoms with Gasteiger partial charge in [0.25, 0.3) is 0 Å². The molecule has 0 spiro atoms. The zero-order chi connectivity index (χ0) is 13.0. The summed E-state index contributed by atoms with van der Waals surface area (Å²) in [5, 5.41) is 0. The molecule has 1 fully saturated rings. The molecular weight excluding hydrogens is 224 g/mol. The molecule has 1 aromatic rings. The van der Waals surface area contributed by atoms with E-state index >= 15 is 0 Å². The summed E-state index contributed by atoms with van der Waals surface area (Å²) in [4.78, 5) is 2.42. The Bertz CT molecular complexity index is 363. The SMILES string of the molecule is CC1CC1CN(C)CCCOc1ccc(N)cc1. The maximum atomic E-state index is 5.67. The van der Waals surface area contributed by atoms with Crippen LogP contribution in [0.5, 0.6) is 5.75 Å². The standard InChI is InChI=1S/C15H24N2O/c1-12-10-13(12)11-17(2)8-3-9-18-15-6-4-14(16)5-7-15/h4-7,12-13H,3,8-11,16H2,1-2H3. The lowest BCUT2D eigenvalue weighted by molar-refractivity contribution is 0.256. The zero-order valence-electron chi connectivity index (χ0n) is 11.4. The number of hydrogen-bond donors (Lipinski definition) is 1. The van der Waals surface area contributed by atoms with Gasteiger partial charge in [-0.25, -0.2) is 0 Å². The largest absolute Gasteiger partial charge is 0.494 e. The molecule has 1 saturated carbocycles. The van der Waals surface area contributed by atoms with E-state index in [4.69, 9.17) is 10.5 Å². The fourth-order valence-corrected chi connectivity index (χ4v) is 2.23. The Morgan fingerprint density at radius 2 is 2.00 bits per heavy atom. The van der Waals surface area contributed by atoms with Crippen molar-refractivity contribution in [3.63, 3.8) is 0 Å². The average Bonchev–Trinajstić information content (AvgIpc) is 3.02. The predicted octanol–water partition coefficient (Wildman–Crippen LogP) is 2.63. The first-order valence-electron chi connectivity index (χ1n) is 6.82. The van der Waals surface area contributed by atoms with E-state index in [1.807, 2.05) is 24.3 Å². The van der Waals surface area contributed by atoms with Crippen LogP contribution in [0, 0.1) is 11.8 Å². The maximum absolute atomic E-state index is 5.67. The monoisotopic (exact) mass is 248 g/mol. The minimum atomic E-state index is 0.772. The Kier molecular flexibility index (Phi) is 4.48. The van der Waals surface area contributed by atoms with Gasteiger partial charge in [-0.15, -0.1) is 0 Å². The number of nitrogen functional groups attached to an aromatic ring is 1. The summed E-state index contributed by atoms with van der Waals surface area (Å²) in [7, 11) is 2.20. The van der Waals surface area contributed by atoms with Gasteiger partial charge in [-0.2, -0.15) is 0 Å². The van der Waals surface area contributed by atoms with Gasteiger partial charge < -0.3 is 15.4 Å². The van der Waals surface area contributed by atoms with Gasteiger partial charge in [-0.3, -0.25) is 0 Å². The Balaban J connectivity index is 1.56. The van der Waals surface area contributed by atoms with Crippen LogP contribution in [0.25, 0.3) is 0 Å². The normalized spacial score (nSPS) is 22.2. The van der Waals surface area contributed by atoms with Crippen molar-refractivity contribution >= 4 is 5.69 Å². The number of anilines is 1. The van der Waals surface area contributed by atoms with E-state index in [1.54, 1.807) is 0 Å². The number of ether oxygens (including phenoxy) is 1. The highest BCUT2D eigenvalue weighted by Gasteiger charge is 2.32. The molecule has 0 aromatic heterocycles. The summed E-state index contributed by atoms with van der Waals surface area (Å²) >= 11 is 0. The van der Waals surface area contributed by atoms with Gasteiger partial charge in [0, 0.05) is 18.8 Å². The quantitative estimate of drug-likeness (QED) is 0.595. The third-order valence-corrected chi connectivity index (χ3v) is 3.66. The molecule has 100 valence electrons. The third-order valence-electron chi connectivity index (χ3n) is 3.66. The molecule has 2 rings (SSSR count). The van der Waals surface area contributed by atoms with Crippen molar-refractivity contribution in [3.05, 3.63) is 24.3 Å². The summed E-state index contributed by atoms with van der Waals surface area (Å²) in [6.45, 7) is 5.46. The van der Waals surface area contributed by atoms with Crippen molar-refractivity contribution in [2.45, 2.75) is 19.8 Å². The number of nitrogens with two attached hydrogens (primary N) is 1. The molecular formula is C15H24N2O. The van der Waals surface area contributed by atoms with Crippen molar-refractivity contribution in [3.8, 4) is 5.75 Å². The molecule has 2 N–H and O–H groups in total. The first kappa shape index (κ1) is 13.2. The minimum Gasteiger partial charge on any atom is -0.494 e. The van der Waals surface area contributed by atoms with E-state index in [-0.39, 0.29) is 0 Å². The predicted molar refractivity (Wildman–Crippen MR) is 75.7 cm³/mol. The van der Waals surface area contributed by atoms with E-state index < -0.39 is 0 Å². The van der Waals surface area contributed by atoms with Crippen LogP contribution < -0.4 is 10.5 Å². The molecule has 2 unspecified atom stereocenters. The smallest absolute Gasteiger partial charge is 0.119 e. The number of nitrogens with zero attached hydrogens (tertiary/aromatic N) is 1. The highest BCUT2D eigenvalue weighted by Crippen LogP contribution is 2.37. The van der Waals surface area contributed by atoms with Gasteiger partial charge in [-0.05, 0) is 56.0 Å². The van der Waals surface area contributed by atoms with Crippen LogP contribution in [0.15, 0.2) is 24.3 Å². The van der Waals surface area contributed by atoms with Crippen LogP contribution in [-0.2, 0) is 0 Å². The second-order valence-electron chi connectivity index (χ2n) is 5.51. The van der Waals surface area contributed by atoms with E-state index in [0.717, 1.165) is 42.8 Å². The molecule has 1 aliphatic rings. The zero-order valence-corrected chi connectivity index (χ0v) is 11.4. The average molecular weight is 248 g/mol. The van der Waals surface area contributed by atoms with Gasteiger partial charge in [0.1, 0.15) is 5.75 Å². The summed E-state index contributed by atoms with van der Waals surface area (Å²) in [5.74, 6) is 2.79. The summed E-state index contributed by atoms with van der Waals surface area (Å²) < 4.78 is 5.67. The van der Waals surface area contributed by atoms with Crippen LogP contribution in [0.2, 0.25) is 0 Å². The van der Waals surface area contributed by atoms with Gasteiger partial charge in [-0.1, -0.05) is 6.92 Å². The second-order valence-corrected chi connectivity index (χ2v) is 5.51. The lowest BCUT2D eigenvalue weighted by Crippen LogP contribution is -2.23. The molecule has 3 heteroatoms. The molecule has 1 aliphatic carbocycles. The van der Waals surface area contributed by atoms with Crippen molar-refractivity contribution in [2.24, 2.45) is 11.8 Å². The van der Waals surface area contributed by atoms with Gasteiger partial charge in [0.05, 0.1) is 6.61 Å². The Hall–Kier alpha value is -1.22. The number of rotatable bonds is 7. The van der Waals surface area contributed by atoms with Crippen molar-refractivity contribution in [2.75, 3.05) is 32.5 Å². The lowest BCUT2D eigenvalue weighted by atomic mass is 10.3. The lowest BCUT2D eigenvalue weighted by Gasteiger charge is -2.16. The van der Waals surface area contributed by atoms with Crippen molar-refractivity contribution < 1.29 is 4.74 Å². The van der Waals surface area contributed by atoms with E-state index in [1.165, 1.54) is 13.0 Å². The van der Waals surface area contributed by atoms with Gasteiger partial charge in [0.15, 0.2) is 0 Å². The van der Waals surface area contributed by atoms with E-state index in [0.29, 0.717) is 0 Å². The Morgan fingerprint density at radius 3 is 2.61 bits per heavy atom. The fourth-order valence-electron chi connectivity index (χ4n) is 2.23. The van der Waals surface area contributed by atoms with Crippen LogP contribution in [0.3, 0.4) is 0 Å². The summed E-state index contributed by atoms with van der Waals surface area (Å²) in [6.07, 6.45) is 2.48. The molecule has 0 bridgehead atoms. The second kappa shape index (κ2) is 6.10. The molecule has 0 heterocycles. The summed E-state index contributed by atoms with van der Waals surface area (Å²) in [6, 6.07) is 7.59. The first-order valence-corrected chi connectivity index (χ1v) is 6.82. The molecule has 0 saturated heterocycles. The molecule has 0 amide bonds. The third kappa shape index (κ3) is 4.22. The van der Waals surface area contributed by atoms with Crippen molar-refractivity contribution in [1.82, 2.24) is 4.90 Å². The molecule has 0 radical (unpaired) electrons. The minimum absolute atomic E-state index is 0.772. The van der Waals surface area contributed by atoms with Gasteiger partial charge >= 0.3 is 0 Å². The first-order chi connectivity index (χ1) is 8.65. The molecule has 3 nitrogen and oxygen atoms in total. The number of hydrogen-bond acceptors (Lipinski definition) is 3. The highest BCUT2D eigenvalue weighted by molar-refractivity contribution is 5.41. The molecule has 18 heavy (non-hydrogen) atoms. The van der Waals surface area contributed by atoms with Gasteiger partial charge in [0.2, 0.25) is 0 Å². The number of benzene rings is 1. The fraction of sp³-hybridized carbons (Fsp3) is 0.600. The van der Waals surface area contributed by atoms with Crippen LogP contribution >= 0.6 is 0 Å². The van der Waals surface area contributed by atoms with Crippen LogP contribution in [0.1, 0.15) is 19.8 Å². The Morgan fingerprint density at radius 1 is 1.33 bits per heavy atom. The Labute approximate surface area is 110 Å². The molecule has 0 aliphatic heterocycles. The molecule has 1 aromatic carbocycles. The van der Waals surface area contributed by atoms with Crippen LogP contribution in [-0.4, -0.2) is 31.6 Å². The van der Waals surface area contributed by atoms with Crippen LogP contribution in [0.4, 0.5) is 5.69 Å². The molecule has 2 atom stereocenters. The van der Waals surface area contributed by atoms with Crippen molar-refractivity contribution in [1.29, 1.82) is 0 Å². The topological polar surface area (TPSA) is 38.5 Å².